The van der Waals surface area contributed by atoms with Crippen LogP contribution in [0.25, 0.3) is 11.1 Å². The molecule has 1 unspecified atom stereocenters. The van der Waals surface area contributed by atoms with Gasteiger partial charge in [0, 0.05) is 43.2 Å². The van der Waals surface area contributed by atoms with Crippen LogP contribution in [0.4, 0.5) is 0 Å². The van der Waals surface area contributed by atoms with Crippen molar-refractivity contribution in [1.82, 2.24) is 20.4 Å². The highest BCUT2D eigenvalue weighted by atomic mass is 16.5. The van der Waals surface area contributed by atoms with E-state index in [-0.39, 0.29) is 17.7 Å². The highest BCUT2D eigenvalue weighted by Gasteiger charge is 2.34. The fraction of sp³-hybridized carbons (Fsp3) is 0.391. The van der Waals surface area contributed by atoms with Gasteiger partial charge in [0.05, 0.1) is 23.8 Å². The highest BCUT2D eigenvalue weighted by molar-refractivity contribution is 6.06. The number of nitrogens with one attached hydrogen (secondary N) is 1. The molecule has 2 fully saturated rings. The number of rotatable bonds is 5. The van der Waals surface area contributed by atoms with Crippen LogP contribution in [-0.2, 0) is 0 Å². The highest BCUT2D eigenvalue weighted by Crippen LogP contribution is 2.41. The smallest absolute Gasteiger partial charge is 0.259 e. The minimum absolute atomic E-state index is 0.0206. The van der Waals surface area contributed by atoms with Crippen molar-refractivity contribution in [3.05, 3.63) is 52.8 Å². The zero-order chi connectivity index (χ0) is 21.5. The molecule has 1 N–H and O–H groups in total. The molecular weight excluding hydrogens is 396 g/mol. The van der Waals surface area contributed by atoms with Gasteiger partial charge in [0.2, 0.25) is 0 Å². The Bertz CT molecular complexity index is 1170. The second-order valence-corrected chi connectivity index (χ2v) is 8.16. The lowest BCUT2D eigenvalue weighted by Gasteiger charge is -2.16. The third-order valence-corrected chi connectivity index (χ3v) is 6.14. The molecule has 8 heteroatoms. The number of hydrogen-bond acceptors (Lipinski definition) is 6. The van der Waals surface area contributed by atoms with Crippen LogP contribution in [0.15, 0.2) is 34.9 Å². The first-order valence-corrected chi connectivity index (χ1v) is 10.5. The van der Waals surface area contributed by atoms with Crippen molar-refractivity contribution in [3.63, 3.8) is 0 Å². The van der Waals surface area contributed by atoms with Crippen molar-refractivity contribution in [3.8, 4) is 5.75 Å². The zero-order valence-electron chi connectivity index (χ0n) is 17.6. The van der Waals surface area contributed by atoms with Crippen molar-refractivity contribution in [1.29, 1.82) is 0 Å². The van der Waals surface area contributed by atoms with E-state index in [2.05, 4.69) is 15.5 Å². The molecule has 2 aromatic heterocycles. The third kappa shape index (κ3) is 3.52. The van der Waals surface area contributed by atoms with Crippen LogP contribution in [0.1, 0.15) is 63.2 Å². The molecule has 3 aromatic rings. The lowest BCUT2D eigenvalue weighted by molar-refractivity contribution is 0.0789. The number of benzene rings is 1. The number of amides is 2. The monoisotopic (exact) mass is 420 g/mol. The molecule has 1 aliphatic heterocycles. The Kier molecular flexibility index (Phi) is 4.84. The zero-order valence-corrected chi connectivity index (χ0v) is 17.6. The Morgan fingerprint density at radius 2 is 2.03 bits per heavy atom. The largest absolute Gasteiger partial charge is 0.497 e. The number of hydrogen-bond donors (Lipinski definition) is 1. The van der Waals surface area contributed by atoms with Gasteiger partial charge in [-0.25, -0.2) is 4.98 Å². The van der Waals surface area contributed by atoms with Gasteiger partial charge in [-0.15, -0.1) is 0 Å². The molecule has 160 valence electrons. The summed E-state index contributed by atoms with van der Waals surface area (Å²) in [5.74, 6) is 0.796. The van der Waals surface area contributed by atoms with E-state index in [9.17, 15) is 9.59 Å². The van der Waals surface area contributed by atoms with Crippen molar-refractivity contribution < 1.29 is 18.8 Å². The summed E-state index contributed by atoms with van der Waals surface area (Å²) in [5.41, 5.74) is 3.12. The lowest BCUT2D eigenvalue weighted by Crippen LogP contribution is -2.28. The van der Waals surface area contributed by atoms with Crippen molar-refractivity contribution in [2.45, 2.75) is 31.1 Å². The molecule has 2 amide bonds. The average Bonchev–Trinajstić information content (AvgIpc) is 3.39. The summed E-state index contributed by atoms with van der Waals surface area (Å²) >= 11 is 0. The number of methoxy groups -OCH3 is 1. The van der Waals surface area contributed by atoms with Crippen LogP contribution in [0.2, 0.25) is 0 Å². The van der Waals surface area contributed by atoms with E-state index in [0.29, 0.717) is 52.7 Å². The molecule has 8 nitrogen and oxygen atoms in total. The van der Waals surface area contributed by atoms with Crippen molar-refractivity contribution in [2.24, 2.45) is 0 Å². The van der Waals surface area contributed by atoms with E-state index in [1.54, 1.807) is 26.3 Å². The number of aromatic nitrogens is 2. The molecule has 1 aliphatic carbocycles. The minimum Gasteiger partial charge on any atom is -0.497 e. The van der Waals surface area contributed by atoms with E-state index in [0.717, 1.165) is 25.0 Å². The maximum Gasteiger partial charge on any atom is 0.259 e. The second kappa shape index (κ2) is 7.68. The van der Waals surface area contributed by atoms with Gasteiger partial charge in [-0.1, -0.05) is 11.2 Å². The Balaban J connectivity index is 1.45. The van der Waals surface area contributed by atoms with Crippen LogP contribution in [0.5, 0.6) is 5.75 Å². The normalized spacial score (nSPS) is 18.4. The lowest BCUT2D eigenvalue weighted by atomic mass is 9.98. The van der Waals surface area contributed by atoms with E-state index in [1.807, 2.05) is 23.1 Å². The molecule has 0 spiro atoms. The standard InChI is InChI=1S/C23H24N4O4/c1-24-21(28)17-11-18(13-6-7-13)25-22-19(17)20(26-31-22)15-8-9-27(12-15)23(29)14-4-3-5-16(10-14)30-2/h3-5,10-11,13,15H,6-9,12H2,1-2H3,(H,24,28). The number of nitrogens with zero attached hydrogens (tertiary/aromatic N) is 3. The number of carbonyl (C=O) groups is 2. The van der Waals surface area contributed by atoms with Gasteiger partial charge in [0.15, 0.2) is 0 Å². The number of pyridine rings is 1. The van der Waals surface area contributed by atoms with Gasteiger partial charge in [0.1, 0.15) is 5.75 Å². The maximum atomic E-state index is 13.0. The first-order chi connectivity index (χ1) is 15.1. The number of fused-ring (bicyclic) bond motifs is 1. The average molecular weight is 420 g/mol. The quantitative estimate of drug-likeness (QED) is 0.681. The van der Waals surface area contributed by atoms with Crippen LogP contribution in [0.3, 0.4) is 0 Å². The topological polar surface area (TPSA) is 97.6 Å². The number of likely N-dealkylation sites (tertiary alicyclic amines) is 1. The summed E-state index contributed by atoms with van der Waals surface area (Å²) in [7, 11) is 3.19. The van der Waals surface area contributed by atoms with Crippen LogP contribution < -0.4 is 10.1 Å². The predicted molar refractivity (Wildman–Crippen MR) is 113 cm³/mol. The van der Waals surface area contributed by atoms with Gasteiger partial charge >= 0.3 is 0 Å². The summed E-state index contributed by atoms with van der Waals surface area (Å²) in [4.78, 5) is 32.0. The predicted octanol–water partition coefficient (Wildman–Crippen LogP) is 3.10. The Labute approximate surface area is 179 Å². The van der Waals surface area contributed by atoms with Gasteiger partial charge < -0.3 is 19.5 Å². The maximum absolute atomic E-state index is 13.0. The summed E-state index contributed by atoms with van der Waals surface area (Å²) in [5, 5.41) is 7.67. The van der Waals surface area contributed by atoms with Crippen LogP contribution in [-0.4, -0.2) is 54.1 Å². The Hall–Kier alpha value is -3.42. The number of ether oxygens (including phenoxy) is 1. The molecule has 5 rings (SSSR count). The van der Waals surface area contributed by atoms with Crippen LogP contribution >= 0.6 is 0 Å². The molecule has 31 heavy (non-hydrogen) atoms. The Morgan fingerprint density at radius 1 is 1.19 bits per heavy atom. The molecule has 1 atom stereocenters. The van der Waals surface area contributed by atoms with Gasteiger partial charge in [0.25, 0.3) is 17.5 Å². The van der Waals surface area contributed by atoms with Crippen LogP contribution in [0, 0.1) is 0 Å². The van der Waals surface area contributed by atoms with Gasteiger partial charge in [-0.2, -0.15) is 0 Å². The molecule has 1 saturated carbocycles. The molecule has 2 aliphatic rings. The summed E-state index contributed by atoms with van der Waals surface area (Å²) in [6, 6.07) is 9.02. The molecule has 1 saturated heterocycles. The fourth-order valence-electron chi connectivity index (χ4n) is 4.28. The molecule has 1 aromatic carbocycles. The van der Waals surface area contributed by atoms with E-state index in [4.69, 9.17) is 9.26 Å². The first kappa shape index (κ1) is 19.5. The van der Waals surface area contributed by atoms with Gasteiger partial charge in [-0.05, 0) is 43.5 Å². The van der Waals surface area contributed by atoms with E-state index < -0.39 is 0 Å². The fourth-order valence-corrected chi connectivity index (χ4v) is 4.28. The summed E-state index contributed by atoms with van der Waals surface area (Å²) in [6.07, 6.45) is 2.90. The minimum atomic E-state index is -0.180. The summed E-state index contributed by atoms with van der Waals surface area (Å²) in [6.45, 7) is 1.12. The van der Waals surface area contributed by atoms with E-state index in [1.165, 1.54) is 0 Å². The SMILES string of the molecule is CNC(=O)c1cc(C2CC2)nc2onc(C3CCN(C(=O)c4cccc(OC)c4)C3)c12. The third-order valence-electron chi connectivity index (χ3n) is 6.14. The molecule has 3 heterocycles. The van der Waals surface area contributed by atoms with Crippen molar-refractivity contribution >= 4 is 22.9 Å². The molecular formula is C23H24N4O4. The van der Waals surface area contributed by atoms with Gasteiger partial charge in [-0.3, -0.25) is 9.59 Å². The number of carbonyl (C=O) groups excluding carboxylic acids is 2. The molecule has 0 bridgehead atoms. The Morgan fingerprint density at radius 3 is 2.77 bits per heavy atom. The van der Waals surface area contributed by atoms with E-state index >= 15 is 0 Å². The van der Waals surface area contributed by atoms with Crippen molar-refractivity contribution in [2.75, 3.05) is 27.2 Å². The second-order valence-electron chi connectivity index (χ2n) is 8.16. The first-order valence-electron chi connectivity index (χ1n) is 10.5. The molecule has 0 radical (unpaired) electrons. The summed E-state index contributed by atoms with van der Waals surface area (Å²) < 4.78 is 10.8.